The molecule has 2 fully saturated rings. The Labute approximate surface area is 146 Å². The number of carbonyl (C=O) groups is 2. The highest BCUT2D eigenvalue weighted by atomic mass is 19.1. The summed E-state index contributed by atoms with van der Waals surface area (Å²) in [5.74, 6) is -1.32. The zero-order valence-corrected chi connectivity index (χ0v) is 14.2. The summed E-state index contributed by atoms with van der Waals surface area (Å²) in [4.78, 5) is 28.1. The summed E-state index contributed by atoms with van der Waals surface area (Å²) in [7, 11) is 0. The summed E-state index contributed by atoms with van der Waals surface area (Å²) in [6, 6.07) is 6.42. The summed E-state index contributed by atoms with van der Waals surface area (Å²) in [5, 5.41) is 9.76. The molecule has 3 rings (SSSR count). The van der Waals surface area contributed by atoms with Crippen molar-refractivity contribution in [3.8, 4) is 0 Å². The molecule has 5 nitrogen and oxygen atoms in total. The monoisotopic (exact) mass is 346 g/mol. The third-order valence-electron chi connectivity index (χ3n) is 5.41. The molecule has 2 aliphatic rings. The van der Waals surface area contributed by atoms with Crippen LogP contribution in [-0.4, -0.2) is 59.5 Å². The highest BCUT2D eigenvalue weighted by Crippen LogP contribution is 2.43. The van der Waals surface area contributed by atoms with Crippen molar-refractivity contribution in [1.29, 1.82) is 0 Å². The quantitative estimate of drug-likeness (QED) is 0.798. The van der Waals surface area contributed by atoms with E-state index >= 15 is 0 Å². The van der Waals surface area contributed by atoms with Gasteiger partial charge in [0, 0.05) is 45.1 Å². The van der Waals surface area contributed by atoms with Crippen LogP contribution in [0, 0.1) is 17.2 Å². The van der Waals surface area contributed by atoms with E-state index in [9.17, 15) is 19.1 Å². The predicted octanol–water partition coefficient (Wildman–Crippen LogP) is 1.79. The molecule has 2 heterocycles. The molecule has 25 heavy (non-hydrogen) atoms. The van der Waals surface area contributed by atoms with Crippen LogP contribution in [0.3, 0.4) is 0 Å². The third kappa shape index (κ3) is 3.31. The molecule has 1 amide bonds. The Morgan fingerprint density at radius 1 is 1.32 bits per heavy atom. The Balaban J connectivity index is 1.64. The highest BCUT2D eigenvalue weighted by Gasteiger charge is 2.58. The number of hydrogen-bond donors (Lipinski definition) is 1. The number of rotatable bonds is 6. The van der Waals surface area contributed by atoms with Gasteiger partial charge >= 0.3 is 5.97 Å². The smallest absolute Gasteiger partial charge is 0.313 e. The second-order valence-electron chi connectivity index (χ2n) is 7.01. The summed E-state index contributed by atoms with van der Waals surface area (Å²) < 4.78 is 13.7. The van der Waals surface area contributed by atoms with Gasteiger partial charge in [0.1, 0.15) is 11.2 Å². The lowest BCUT2D eigenvalue weighted by atomic mass is 9.81. The molecular formula is C19H23FN2O3. The topological polar surface area (TPSA) is 60.9 Å². The molecule has 0 bridgehead atoms. The van der Waals surface area contributed by atoms with Crippen molar-refractivity contribution in [2.24, 2.45) is 11.3 Å². The second kappa shape index (κ2) is 6.96. The fraction of sp³-hybridized carbons (Fsp3) is 0.474. The Kier molecular flexibility index (Phi) is 4.90. The van der Waals surface area contributed by atoms with E-state index in [0.29, 0.717) is 38.2 Å². The van der Waals surface area contributed by atoms with E-state index in [1.54, 1.807) is 29.2 Å². The first kappa shape index (κ1) is 17.6. The Morgan fingerprint density at radius 3 is 2.72 bits per heavy atom. The largest absolute Gasteiger partial charge is 0.481 e. The van der Waals surface area contributed by atoms with Crippen molar-refractivity contribution in [3.63, 3.8) is 0 Å². The number of carbonyl (C=O) groups excluding carboxylic acids is 1. The fourth-order valence-electron chi connectivity index (χ4n) is 4.08. The lowest BCUT2D eigenvalue weighted by Crippen LogP contribution is -2.42. The van der Waals surface area contributed by atoms with Crippen LogP contribution >= 0.6 is 0 Å². The number of hydrogen-bond acceptors (Lipinski definition) is 3. The second-order valence-corrected chi connectivity index (χ2v) is 7.01. The van der Waals surface area contributed by atoms with Gasteiger partial charge in [0.2, 0.25) is 5.91 Å². The number of fused-ring (bicyclic) bond motifs is 1. The molecule has 2 aliphatic heterocycles. The van der Waals surface area contributed by atoms with E-state index in [1.807, 2.05) is 0 Å². The molecule has 134 valence electrons. The van der Waals surface area contributed by atoms with E-state index < -0.39 is 11.4 Å². The van der Waals surface area contributed by atoms with Gasteiger partial charge in [-0.1, -0.05) is 24.3 Å². The molecule has 0 aromatic heterocycles. The molecule has 0 saturated carbocycles. The molecule has 1 N–H and O–H groups in total. The first-order valence-corrected chi connectivity index (χ1v) is 8.54. The van der Waals surface area contributed by atoms with Crippen molar-refractivity contribution < 1.29 is 19.1 Å². The minimum atomic E-state index is -0.892. The molecule has 1 aromatic rings. The van der Waals surface area contributed by atoms with Crippen LogP contribution in [0.4, 0.5) is 4.39 Å². The molecule has 2 atom stereocenters. The number of carboxylic acid groups (broad SMARTS) is 1. The average Bonchev–Trinajstić information content (AvgIpc) is 3.09. The molecule has 0 aliphatic carbocycles. The first-order valence-electron chi connectivity index (χ1n) is 8.54. The third-order valence-corrected chi connectivity index (χ3v) is 5.41. The molecule has 0 radical (unpaired) electrons. The zero-order valence-electron chi connectivity index (χ0n) is 14.2. The van der Waals surface area contributed by atoms with Gasteiger partial charge in [-0.15, -0.1) is 6.58 Å². The van der Waals surface area contributed by atoms with Gasteiger partial charge in [0.25, 0.3) is 0 Å². The van der Waals surface area contributed by atoms with Crippen LogP contribution in [0.2, 0.25) is 0 Å². The molecule has 6 heteroatoms. The van der Waals surface area contributed by atoms with Crippen LogP contribution in [0.1, 0.15) is 12.0 Å². The van der Waals surface area contributed by atoms with Crippen molar-refractivity contribution in [1.82, 2.24) is 9.80 Å². The van der Waals surface area contributed by atoms with Crippen LogP contribution in [0.5, 0.6) is 0 Å². The van der Waals surface area contributed by atoms with Gasteiger partial charge < -0.3 is 10.0 Å². The minimum absolute atomic E-state index is 0.0673. The number of benzene rings is 1. The van der Waals surface area contributed by atoms with Crippen molar-refractivity contribution in [2.45, 2.75) is 12.8 Å². The van der Waals surface area contributed by atoms with E-state index in [2.05, 4.69) is 11.5 Å². The SMILES string of the molecule is C=CCN1C[C@H]2CN(C(=O)CCc3ccccc3F)C[C@@]2(C(=O)O)C1. The standard InChI is InChI=1S/C19H23FN2O3/c1-2-9-21-10-15-11-22(13-19(15,12-21)18(24)25)17(23)8-7-14-5-3-4-6-16(14)20/h2-6,15H,1,7-13H2,(H,24,25)/t15-,19-/m0/s1. The fourth-order valence-corrected chi connectivity index (χ4v) is 4.08. The lowest BCUT2D eigenvalue weighted by Gasteiger charge is -2.25. The molecule has 0 unspecified atom stereocenters. The Hall–Kier alpha value is -2.21. The molecule has 0 spiro atoms. The van der Waals surface area contributed by atoms with Gasteiger partial charge in [-0.05, 0) is 18.1 Å². The van der Waals surface area contributed by atoms with Crippen molar-refractivity contribution in [2.75, 3.05) is 32.7 Å². The van der Waals surface area contributed by atoms with Crippen molar-refractivity contribution in [3.05, 3.63) is 48.3 Å². The lowest BCUT2D eigenvalue weighted by molar-refractivity contribution is -0.149. The van der Waals surface area contributed by atoms with E-state index in [0.717, 1.165) is 0 Å². The van der Waals surface area contributed by atoms with Gasteiger partial charge in [0.05, 0.1) is 0 Å². The number of aliphatic carboxylic acids is 1. The Morgan fingerprint density at radius 2 is 2.08 bits per heavy atom. The number of carboxylic acids is 1. The van der Waals surface area contributed by atoms with Gasteiger partial charge in [0.15, 0.2) is 0 Å². The number of nitrogens with zero attached hydrogens (tertiary/aromatic N) is 2. The summed E-state index contributed by atoms with van der Waals surface area (Å²) in [6.07, 6.45) is 2.29. The maximum atomic E-state index is 13.7. The molecule has 2 saturated heterocycles. The van der Waals surface area contributed by atoms with Crippen LogP contribution in [0.15, 0.2) is 36.9 Å². The van der Waals surface area contributed by atoms with Crippen molar-refractivity contribution >= 4 is 11.9 Å². The minimum Gasteiger partial charge on any atom is -0.481 e. The summed E-state index contributed by atoms with van der Waals surface area (Å²) >= 11 is 0. The van der Waals surface area contributed by atoms with E-state index in [4.69, 9.17) is 0 Å². The normalized spacial score (nSPS) is 25.8. The van der Waals surface area contributed by atoms with Gasteiger partial charge in [-0.2, -0.15) is 0 Å². The van der Waals surface area contributed by atoms with Crippen LogP contribution in [-0.2, 0) is 16.0 Å². The van der Waals surface area contributed by atoms with Gasteiger partial charge in [-0.3, -0.25) is 14.5 Å². The number of likely N-dealkylation sites (tertiary alicyclic amines) is 2. The van der Waals surface area contributed by atoms with Crippen LogP contribution < -0.4 is 0 Å². The summed E-state index contributed by atoms with van der Waals surface area (Å²) in [5.41, 5.74) is -0.378. The zero-order chi connectivity index (χ0) is 18.0. The number of aryl methyl sites for hydroxylation is 1. The predicted molar refractivity (Wildman–Crippen MR) is 91.5 cm³/mol. The Bertz CT molecular complexity index is 693. The van der Waals surface area contributed by atoms with E-state index in [1.165, 1.54) is 6.07 Å². The number of halogens is 1. The van der Waals surface area contributed by atoms with Crippen LogP contribution in [0.25, 0.3) is 0 Å². The van der Waals surface area contributed by atoms with Gasteiger partial charge in [-0.25, -0.2) is 4.39 Å². The maximum Gasteiger partial charge on any atom is 0.313 e. The first-order chi connectivity index (χ1) is 12.0. The number of amides is 1. The highest BCUT2D eigenvalue weighted by molar-refractivity contribution is 5.81. The van der Waals surface area contributed by atoms with E-state index in [-0.39, 0.29) is 30.6 Å². The maximum absolute atomic E-state index is 13.7. The average molecular weight is 346 g/mol. The molecular weight excluding hydrogens is 323 g/mol. The molecule has 1 aromatic carbocycles. The summed E-state index contributed by atoms with van der Waals surface area (Å²) in [6.45, 7) is 6.15.